The zero-order chi connectivity index (χ0) is 19.4. The van der Waals surface area contributed by atoms with E-state index >= 15 is 0 Å². The molecule has 0 atom stereocenters. The number of hydrogen-bond acceptors (Lipinski definition) is 5. The van der Waals surface area contributed by atoms with Crippen LogP contribution in [0.25, 0.3) is 11.4 Å². The second kappa shape index (κ2) is 8.01. The number of halogens is 1. The Balaban J connectivity index is 1.68. The zero-order valence-electron chi connectivity index (χ0n) is 14.5. The highest BCUT2D eigenvalue weighted by molar-refractivity contribution is 9.10. The van der Waals surface area contributed by atoms with Crippen LogP contribution in [0.3, 0.4) is 0 Å². The summed E-state index contributed by atoms with van der Waals surface area (Å²) >= 11 is 3.31. The van der Waals surface area contributed by atoms with Gasteiger partial charge in [-0.1, -0.05) is 40.2 Å². The summed E-state index contributed by atoms with van der Waals surface area (Å²) in [6.07, 6.45) is 1.58. The van der Waals surface area contributed by atoms with Gasteiger partial charge in [0.25, 0.3) is 0 Å². The van der Waals surface area contributed by atoms with Crippen molar-refractivity contribution in [3.05, 3.63) is 64.9 Å². The fourth-order valence-electron chi connectivity index (χ4n) is 2.61. The molecule has 0 aliphatic heterocycles. The number of rotatable bonds is 6. The number of nitrogens with one attached hydrogen (secondary N) is 1. The maximum absolute atomic E-state index is 12.3. The number of hydrogen-bond donors (Lipinski definition) is 1. The van der Waals surface area contributed by atoms with Crippen molar-refractivity contribution in [3.63, 3.8) is 0 Å². The van der Waals surface area contributed by atoms with Crippen LogP contribution in [0.1, 0.15) is 5.56 Å². The summed E-state index contributed by atoms with van der Waals surface area (Å²) < 4.78 is 27.2. The lowest BCUT2D eigenvalue weighted by Crippen LogP contribution is -2.24. The van der Waals surface area contributed by atoms with E-state index in [0.717, 1.165) is 10.0 Å². The SMILES string of the molecule is Cn1cnnc1-c1cccc(NC(=O)CS(=O)(=O)Cc2cccc(Br)c2)c1. The van der Waals surface area contributed by atoms with Crippen molar-refractivity contribution in [1.29, 1.82) is 0 Å². The third kappa shape index (κ3) is 5.24. The Morgan fingerprint density at radius 3 is 2.67 bits per heavy atom. The molecule has 0 unspecified atom stereocenters. The molecule has 0 aliphatic carbocycles. The molecule has 140 valence electrons. The van der Waals surface area contributed by atoms with E-state index in [1.165, 1.54) is 0 Å². The first-order valence-corrected chi connectivity index (χ1v) is 10.6. The van der Waals surface area contributed by atoms with Gasteiger partial charge in [-0.15, -0.1) is 10.2 Å². The molecule has 0 radical (unpaired) electrons. The molecular formula is C18H17BrN4O3S. The van der Waals surface area contributed by atoms with Gasteiger partial charge in [-0.05, 0) is 29.8 Å². The lowest BCUT2D eigenvalue weighted by atomic mass is 10.2. The van der Waals surface area contributed by atoms with E-state index in [4.69, 9.17) is 0 Å². The first kappa shape index (κ1) is 19.2. The van der Waals surface area contributed by atoms with Crippen molar-refractivity contribution >= 4 is 37.4 Å². The first-order valence-electron chi connectivity index (χ1n) is 8.01. The summed E-state index contributed by atoms with van der Waals surface area (Å²) in [5.41, 5.74) is 1.89. The van der Waals surface area contributed by atoms with Crippen LogP contribution in [0.4, 0.5) is 5.69 Å². The summed E-state index contributed by atoms with van der Waals surface area (Å²) in [4.78, 5) is 12.2. The molecule has 1 aromatic heterocycles. The molecule has 1 N–H and O–H groups in total. The number of carbonyl (C=O) groups is 1. The Kier molecular flexibility index (Phi) is 5.71. The van der Waals surface area contributed by atoms with Crippen LogP contribution in [0.5, 0.6) is 0 Å². The zero-order valence-corrected chi connectivity index (χ0v) is 16.9. The van der Waals surface area contributed by atoms with Gasteiger partial charge in [-0.2, -0.15) is 0 Å². The van der Waals surface area contributed by atoms with Crippen LogP contribution in [-0.2, 0) is 27.4 Å². The number of aromatic nitrogens is 3. The summed E-state index contributed by atoms with van der Waals surface area (Å²) in [7, 11) is -1.78. The Bertz CT molecular complexity index is 1080. The van der Waals surface area contributed by atoms with Crippen LogP contribution >= 0.6 is 15.9 Å². The highest BCUT2D eigenvalue weighted by Crippen LogP contribution is 2.20. The molecule has 0 fully saturated rings. The molecule has 0 saturated carbocycles. The van der Waals surface area contributed by atoms with Crippen molar-refractivity contribution in [2.24, 2.45) is 7.05 Å². The molecule has 1 heterocycles. The summed E-state index contributed by atoms with van der Waals surface area (Å²) in [5.74, 6) is -0.722. The lowest BCUT2D eigenvalue weighted by Gasteiger charge is -2.08. The molecule has 0 spiro atoms. The van der Waals surface area contributed by atoms with Crippen LogP contribution < -0.4 is 5.32 Å². The van der Waals surface area contributed by atoms with Crippen LogP contribution in [0.2, 0.25) is 0 Å². The van der Waals surface area contributed by atoms with Gasteiger partial charge in [0, 0.05) is 22.8 Å². The average molecular weight is 449 g/mol. The molecule has 3 rings (SSSR count). The van der Waals surface area contributed by atoms with Gasteiger partial charge in [0.15, 0.2) is 15.7 Å². The number of carbonyl (C=O) groups excluding carboxylic acids is 1. The highest BCUT2D eigenvalue weighted by atomic mass is 79.9. The van der Waals surface area contributed by atoms with Crippen molar-refractivity contribution < 1.29 is 13.2 Å². The molecule has 2 aromatic carbocycles. The highest BCUT2D eigenvalue weighted by Gasteiger charge is 2.18. The standard InChI is InChI=1S/C18H17BrN4O3S/c1-23-12-20-22-18(23)14-5-3-7-16(9-14)21-17(24)11-27(25,26)10-13-4-2-6-15(19)8-13/h2-9,12H,10-11H2,1H3,(H,21,24). The largest absolute Gasteiger partial charge is 0.325 e. The monoisotopic (exact) mass is 448 g/mol. The molecule has 0 aliphatic rings. The summed E-state index contributed by atoms with van der Waals surface area (Å²) in [6, 6.07) is 14.0. The molecule has 27 heavy (non-hydrogen) atoms. The Labute approximate surface area is 165 Å². The molecule has 9 heteroatoms. The van der Waals surface area contributed by atoms with E-state index in [2.05, 4.69) is 31.4 Å². The van der Waals surface area contributed by atoms with Gasteiger partial charge in [-0.3, -0.25) is 4.79 Å². The number of sulfone groups is 1. The Morgan fingerprint density at radius 2 is 1.96 bits per heavy atom. The first-order chi connectivity index (χ1) is 12.8. The topological polar surface area (TPSA) is 93.9 Å². The predicted molar refractivity (Wildman–Crippen MR) is 107 cm³/mol. The van der Waals surface area contributed by atoms with E-state index < -0.39 is 21.5 Å². The third-order valence-corrected chi connectivity index (χ3v) is 5.71. The van der Waals surface area contributed by atoms with E-state index in [1.54, 1.807) is 47.3 Å². The second-order valence-corrected chi connectivity index (χ2v) is 9.04. The minimum Gasteiger partial charge on any atom is -0.325 e. The van der Waals surface area contributed by atoms with E-state index in [9.17, 15) is 13.2 Å². The van der Waals surface area contributed by atoms with Crippen LogP contribution in [-0.4, -0.2) is 34.8 Å². The van der Waals surface area contributed by atoms with Crippen molar-refractivity contribution in [2.75, 3.05) is 11.1 Å². The third-order valence-electron chi connectivity index (χ3n) is 3.74. The number of aryl methyl sites for hydroxylation is 1. The molecule has 3 aromatic rings. The van der Waals surface area contributed by atoms with Gasteiger partial charge in [0.05, 0.1) is 5.75 Å². The molecule has 0 saturated heterocycles. The molecule has 7 nitrogen and oxygen atoms in total. The number of benzene rings is 2. The van der Waals surface area contributed by atoms with Gasteiger partial charge in [-0.25, -0.2) is 8.42 Å². The summed E-state index contributed by atoms with van der Waals surface area (Å²) in [5, 5.41) is 10.5. The quantitative estimate of drug-likeness (QED) is 0.625. The van der Waals surface area contributed by atoms with Crippen LogP contribution in [0.15, 0.2) is 59.3 Å². The average Bonchev–Trinajstić information content (AvgIpc) is 3.00. The molecule has 0 bridgehead atoms. The van der Waals surface area contributed by atoms with E-state index in [-0.39, 0.29) is 5.75 Å². The van der Waals surface area contributed by atoms with Crippen molar-refractivity contribution in [2.45, 2.75) is 5.75 Å². The fraction of sp³-hybridized carbons (Fsp3) is 0.167. The Morgan fingerprint density at radius 1 is 1.19 bits per heavy atom. The van der Waals surface area contributed by atoms with Crippen LogP contribution in [0, 0.1) is 0 Å². The smallest absolute Gasteiger partial charge is 0.239 e. The van der Waals surface area contributed by atoms with Gasteiger partial charge in [0.2, 0.25) is 5.91 Å². The van der Waals surface area contributed by atoms with Gasteiger partial charge >= 0.3 is 0 Å². The molecular weight excluding hydrogens is 432 g/mol. The number of nitrogens with zero attached hydrogens (tertiary/aromatic N) is 3. The van der Waals surface area contributed by atoms with Gasteiger partial charge in [0.1, 0.15) is 12.1 Å². The maximum Gasteiger partial charge on any atom is 0.239 e. The minimum absolute atomic E-state index is 0.196. The lowest BCUT2D eigenvalue weighted by molar-refractivity contribution is -0.113. The minimum atomic E-state index is -3.59. The maximum atomic E-state index is 12.3. The van der Waals surface area contributed by atoms with E-state index in [1.807, 2.05) is 19.2 Å². The van der Waals surface area contributed by atoms with E-state index in [0.29, 0.717) is 17.1 Å². The van der Waals surface area contributed by atoms with Gasteiger partial charge < -0.3 is 9.88 Å². The predicted octanol–water partition coefficient (Wildman–Crippen LogP) is 2.80. The second-order valence-electron chi connectivity index (χ2n) is 6.06. The summed E-state index contributed by atoms with van der Waals surface area (Å²) in [6.45, 7) is 0. The number of anilines is 1. The fourth-order valence-corrected chi connectivity index (χ4v) is 4.32. The molecule has 1 amide bonds. The normalized spacial score (nSPS) is 11.3. The van der Waals surface area contributed by atoms with Crippen molar-refractivity contribution in [1.82, 2.24) is 14.8 Å². The Hall–Kier alpha value is -2.52. The number of amides is 1. The van der Waals surface area contributed by atoms with Crippen molar-refractivity contribution in [3.8, 4) is 11.4 Å².